The lowest BCUT2D eigenvalue weighted by molar-refractivity contribution is 0.136. The van der Waals surface area contributed by atoms with Gasteiger partial charge in [0.2, 0.25) is 0 Å². The largest absolute Gasteiger partial charge is 0.356 e. The van der Waals surface area contributed by atoms with Crippen LogP contribution in [0.2, 0.25) is 0 Å². The summed E-state index contributed by atoms with van der Waals surface area (Å²) in [5.41, 5.74) is 0. The van der Waals surface area contributed by atoms with E-state index < -0.39 is 0 Å². The minimum Gasteiger partial charge on any atom is -0.356 e. The highest BCUT2D eigenvalue weighted by Crippen LogP contribution is 2.23. The van der Waals surface area contributed by atoms with Gasteiger partial charge in [-0.15, -0.1) is 0 Å². The summed E-state index contributed by atoms with van der Waals surface area (Å²) < 4.78 is 0. The molecule has 0 amide bonds. The van der Waals surface area contributed by atoms with Crippen LogP contribution in [0.15, 0.2) is 12.4 Å². The smallest absolute Gasteiger partial charge is 0.101 e. The number of hydrogen-bond donors (Lipinski definition) is 0. The van der Waals surface area contributed by atoms with E-state index in [2.05, 4.69) is 43.0 Å². The van der Waals surface area contributed by atoms with Gasteiger partial charge in [0.15, 0.2) is 0 Å². The lowest BCUT2D eigenvalue weighted by Gasteiger charge is -2.33. The van der Waals surface area contributed by atoms with Gasteiger partial charge < -0.3 is 9.80 Å². The van der Waals surface area contributed by atoms with Crippen molar-refractivity contribution in [1.29, 1.82) is 0 Å². The quantitative estimate of drug-likeness (QED) is 0.124. The summed E-state index contributed by atoms with van der Waals surface area (Å²) in [5, 5.41) is 0. The molecule has 0 radical (unpaired) electrons. The molecule has 33 heavy (non-hydrogen) atoms. The SMILES string of the molecule is CCCCCCCCCCCCCCCCCCN1C=CN(CCCCC)C1CCCCC. The summed E-state index contributed by atoms with van der Waals surface area (Å²) in [6.45, 7) is 9.44. The van der Waals surface area contributed by atoms with Gasteiger partial charge in [-0.05, 0) is 25.7 Å². The molecule has 0 saturated carbocycles. The summed E-state index contributed by atoms with van der Waals surface area (Å²) in [6.07, 6.45) is 38.1. The summed E-state index contributed by atoms with van der Waals surface area (Å²) in [7, 11) is 0. The molecular formula is C31H62N2. The second kappa shape index (κ2) is 23.1. The maximum absolute atomic E-state index is 2.66. The molecule has 196 valence electrons. The third-order valence-electron chi connectivity index (χ3n) is 7.57. The maximum atomic E-state index is 2.66. The van der Waals surface area contributed by atoms with Gasteiger partial charge in [-0.1, -0.05) is 143 Å². The fraction of sp³-hybridized carbons (Fsp3) is 0.935. The van der Waals surface area contributed by atoms with E-state index in [1.54, 1.807) is 0 Å². The average molecular weight is 463 g/mol. The zero-order chi connectivity index (χ0) is 23.8. The molecular weight excluding hydrogens is 400 g/mol. The Morgan fingerprint density at radius 2 is 0.697 bits per heavy atom. The van der Waals surface area contributed by atoms with Crippen molar-refractivity contribution >= 4 is 0 Å². The molecule has 0 saturated heterocycles. The molecule has 1 unspecified atom stereocenters. The lowest BCUT2D eigenvalue weighted by atomic mass is 10.0. The van der Waals surface area contributed by atoms with Crippen LogP contribution in [0.25, 0.3) is 0 Å². The Bertz CT molecular complexity index is 419. The number of rotatable bonds is 25. The van der Waals surface area contributed by atoms with Crippen molar-refractivity contribution in [3.8, 4) is 0 Å². The molecule has 0 N–H and O–H groups in total. The van der Waals surface area contributed by atoms with E-state index in [0.717, 1.165) is 0 Å². The molecule has 1 aliphatic rings. The standard InChI is InChI=1S/C31H62N2/c1-4-7-10-11-12-13-14-15-16-17-18-19-20-21-22-25-28-33-30-29-32(27-24-9-6-3)31(33)26-23-8-5-2/h29-31H,4-28H2,1-3H3. The fourth-order valence-electron chi connectivity index (χ4n) is 5.30. The van der Waals surface area contributed by atoms with Crippen LogP contribution in [0.5, 0.6) is 0 Å². The highest BCUT2D eigenvalue weighted by atomic mass is 15.4. The Kier molecular flexibility index (Phi) is 21.3. The van der Waals surface area contributed by atoms with Crippen molar-refractivity contribution < 1.29 is 0 Å². The normalized spacial score (nSPS) is 15.8. The molecule has 0 aliphatic carbocycles. The van der Waals surface area contributed by atoms with E-state index in [0.29, 0.717) is 6.17 Å². The summed E-state index contributed by atoms with van der Waals surface area (Å²) in [4.78, 5) is 5.29. The van der Waals surface area contributed by atoms with Gasteiger partial charge in [-0.3, -0.25) is 0 Å². The summed E-state index contributed by atoms with van der Waals surface area (Å²) >= 11 is 0. The summed E-state index contributed by atoms with van der Waals surface area (Å²) in [5.74, 6) is 0. The average Bonchev–Trinajstić information content (AvgIpc) is 3.20. The van der Waals surface area contributed by atoms with Crippen LogP contribution < -0.4 is 0 Å². The Morgan fingerprint density at radius 1 is 0.394 bits per heavy atom. The second-order valence-electron chi connectivity index (χ2n) is 10.8. The minimum absolute atomic E-state index is 0.643. The van der Waals surface area contributed by atoms with Crippen molar-refractivity contribution in [3.05, 3.63) is 12.4 Å². The Labute approximate surface area is 210 Å². The van der Waals surface area contributed by atoms with Gasteiger partial charge in [0.1, 0.15) is 6.17 Å². The summed E-state index contributed by atoms with van der Waals surface area (Å²) in [6, 6.07) is 0. The molecule has 0 bridgehead atoms. The molecule has 0 spiro atoms. The van der Waals surface area contributed by atoms with Crippen molar-refractivity contribution in [3.63, 3.8) is 0 Å². The molecule has 0 fully saturated rings. The second-order valence-corrected chi connectivity index (χ2v) is 10.8. The first-order chi connectivity index (χ1) is 16.3. The van der Waals surface area contributed by atoms with E-state index in [1.807, 2.05) is 0 Å². The van der Waals surface area contributed by atoms with E-state index in [1.165, 1.54) is 161 Å². The zero-order valence-electron chi connectivity index (χ0n) is 23.3. The third kappa shape index (κ3) is 16.6. The van der Waals surface area contributed by atoms with Crippen molar-refractivity contribution in [2.24, 2.45) is 0 Å². The van der Waals surface area contributed by atoms with E-state index in [4.69, 9.17) is 0 Å². The van der Waals surface area contributed by atoms with Crippen LogP contribution in [-0.4, -0.2) is 29.1 Å². The predicted octanol–water partition coefficient (Wildman–Crippen LogP) is 10.4. The third-order valence-corrected chi connectivity index (χ3v) is 7.57. The fourth-order valence-corrected chi connectivity index (χ4v) is 5.30. The van der Waals surface area contributed by atoms with Crippen molar-refractivity contribution in [2.75, 3.05) is 13.1 Å². The van der Waals surface area contributed by atoms with Crippen LogP contribution in [0, 0.1) is 0 Å². The molecule has 0 aromatic carbocycles. The molecule has 0 aromatic heterocycles. The van der Waals surface area contributed by atoms with Crippen LogP contribution >= 0.6 is 0 Å². The minimum atomic E-state index is 0.643. The number of hydrogen-bond acceptors (Lipinski definition) is 2. The Balaban J connectivity index is 1.98. The van der Waals surface area contributed by atoms with E-state index >= 15 is 0 Å². The van der Waals surface area contributed by atoms with Gasteiger partial charge >= 0.3 is 0 Å². The Morgan fingerprint density at radius 3 is 1.12 bits per heavy atom. The first-order valence-corrected chi connectivity index (χ1v) is 15.5. The van der Waals surface area contributed by atoms with Crippen LogP contribution in [-0.2, 0) is 0 Å². The van der Waals surface area contributed by atoms with Crippen LogP contribution in [0.3, 0.4) is 0 Å². The molecule has 1 rings (SSSR count). The lowest BCUT2D eigenvalue weighted by Crippen LogP contribution is -2.39. The van der Waals surface area contributed by atoms with Crippen LogP contribution in [0.4, 0.5) is 0 Å². The Hall–Kier alpha value is -0.660. The first-order valence-electron chi connectivity index (χ1n) is 15.5. The molecule has 2 nitrogen and oxygen atoms in total. The molecule has 2 heteroatoms. The predicted molar refractivity (Wildman–Crippen MR) is 150 cm³/mol. The monoisotopic (exact) mass is 462 g/mol. The van der Waals surface area contributed by atoms with Crippen LogP contribution in [0.1, 0.15) is 168 Å². The van der Waals surface area contributed by atoms with Crippen molar-refractivity contribution in [1.82, 2.24) is 9.80 Å². The van der Waals surface area contributed by atoms with Gasteiger partial charge in [0.25, 0.3) is 0 Å². The van der Waals surface area contributed by atoms with E-state index in [-0.39, 0.29) is 0 Å². The number of unbranched alkanes of at least 4 members (excludes halogenated alkanes) is 19. The first kappa shape index (κ1) is 30.4. The molecule has 0 aromatic rings. The zero-order valence-corrected chi connectivity index (χ0v) is 23.3. The van der Waals surface area contributed by atoms with E-state index in [9.17, 15) is 0 Å². The molecule has 1 heterocycles. The number of nitrogens with zero attached hydrogens (tertiary/aromatic N) is 2. The highest BCUT2D eigenvalue weighted by Gasteiger charge is 2.24. The molecule has 1 aliphatic heterocycles. The molecule has 1 atom stereocenters. The maximum Gasteiger partial charge on any atom is 0.101 e. The van der Waals surface area contributed by atoms with Crippen molar-refractivity contribution in [2.45, 2.75) is 175 Å². The highest BCUT2D eigenvalue weighted by molar-refractivity contribution is 4.96. The van der Waals surface area contributed by atoms with Gasteiger partial charge in [-0.2, -0.15) is 0 Å². The van der Waals surface area contributed by atoms with Gasteiger partial charge in [0.05, 0.1) is 0 Å². The topological polar surface area (TPSA) is 6.48 Å². The van der Waals surface area contributed by atoms with Gasteiger partial charge in [-0.25, -0.2) is 0 Å². The van der Waals surface area contributed by atoms with Gasteiger partial charge in [0, 0.05) is 25.5 Å².